The van der Waals surface area contributed by atoms with Gasteiger partial charge in [0, 0.05) is 19.3 Å². The summed E-state index contributed by atoms with van der Waals surface area (Å²) < 4.78 is 5.78. The van der Waals surface area contributed by atoms with Crippen LogP contribution >= 0.6 is 23.1 Å². The number of rotatable bonds is 6. The Morgan fingerprint density at radius 1 is 1.53 bits per heavy atom. The summed E-state index contributed by atoms with van der Waals surface area (Å²) in [6, 6.07) is 0. The quantitative estimate of drug-likeness (QED) is 0.585. The molecule has 0 amide bonds. The lowest BCUT2D eigenvalue weighted by Crippen LogP contribution is -2.10. The van der Waals surface area contributed by atoms with Crippen LogP contribution in [0.5, 0.6) is 0 Å². The van der Waals surface area contributed by atoms with Crippen LogP contribution < -0.4 is 4.90 Å². The first-order valence-electron chi connectivity index (χ1n) is 5.36. The first kappa shape index (κ1) is 14.2. The van der Waals surface area contributed by atoms with Crippen molar-refractivity contribution in [1.82, 2.24) is 10.2 Å². The molecule has 0 fully saturated rings. The van der Waals surface area contributed by atoms with Gasteiger partial charge in [-0.15, -0.1) is 10.2 Å². The highest BCUT2D eigenvalue weighted by Crippen LogP contribution is 2.31. The minimum Gasteiger partial charge on any atom is -0.466 e. The smallest absolute Gasteiger partial charge is 0.306 e. The van der Waals surface area contributed by atoms with E-state index in [0.29, 0.717) is 13.0 Å². The Labute approximate surface area is 110 Å². The van der Waals surface area contributed by atoms with Gasteiger partial charge in [-0.05, 0) is 6.92 Å². The molecule has 1 rings (SSSR count). The minimum absolute atomic E-state index is 0.150. The Hall–Kier alpha value is -0.820. The maximum absolute atomic E-state index is 11.3. The third kappa shape index (κ3) is 4.91. The average Bonchev–Trinajstić information content (AvgIpc) is 2.66. The minimum atomic E-state index is -0.162. The fourth-order valence-corrected chi connectivity index (χ4v) is 3.16. The largest absolute Gasteiger partial charge is 0.466 e. The highest BCUT2D eigenvalue weighted by molar-refractivity contribution is 8.01. The maximum atomic E-state index is 11.3. The first-order chi connectivity index (χ1) is 8.02. The van der Waals surface area contributed by atoms with Crippen LogP contribution in [-0.2, 0) is 9.53 Å². The Morgan fingerprint density at radius 3 is 2.76 bits per heavy atom. The fraction of sp³-hybridized carbons (Fsp3) is 0.700. The van der Waals surface area contributed by atoms with E-state index < -0.39 is 0 Å². The molecule has 5 nitrogen and oxygen atoms in total. The topological polar surface area (TPSA) is 55.3 Å². The molecule has 0 saturated carbocycles. The molecule has 1 aromatic heterocycles. The van der Waals surface area contributed by atoms with Crippen molar-refractivity contribution < 1.29 is 9.53 Å². The second-order valence-corrected chi connectivity index (χ2v) is 6.32. The Bertz CT molecular complexity index is 368. The van der Waals surface area contributed by atoms with Gasteiger partial charge in [-0.3, -0.25) is 4.79 Å². The Kier molecular flexibility index (Phi) is 5.70. The number of esters is 1. The molecule has 0 radical (unpaired) electrons. The molecule has 0 N–H and O–H groups in total. The van der Waals surface area contributed by atoms with Crippen LogP contribution in [0.4, 0.5) is 5.13 Å². The summed E-state index contributed by atoms with van der Waals surface area (Å²) >= 11 is 3.08. The number of aromatic nitrogens is 2. The first-order valence-corrected chi connectivity index (χ1v) is 7.05. The summed E-state index contributed by atoms with van der Waals surface area (Å²) in [7, 11) is 3.86. The van der Waals surface area contributed by atoms with Gasteiger partial charge in [-0.2, -0.15) is 0 Å². The molecule has 0 aromatic carbocycles. The van der Waals surface area contributed by atoms with E-state index in [1.807, 2.05) is 32.8 Å². The van der Waals surface area contributed by atoms with E-state index in [-0.39, 0.29) is 11.2 Å². The van der Waals surface area contributed by atoms with Crippen LogP contribution in [0.2, 0.25) is 0 Å². The maximum Gasteiger partial charge on any atom is 0.306 e. The van der Waals surface area contributed by atoms with Gasteiger partial charge >= 0.3 is 5.97 Å². The summed E-state index contributed by atoms with van der Waals surface area (Å²) in [5.74, 6) is -0.162. The van der Waals surface area contributed by atoms with Gasteiger partial charge in [-0.1, -0.05) is 30.0 Å². The van der Waals surface area contributed by atoms with Gasteiger partial charge in [0.05, 0.1) is 13.0 Å². The summed E-state index contributed by atoms with van der Waals surface area (Å²) in [6.45, 7) is 4.22. The van der Waals surface area contributed by atoms with Gasteiger partial charge in [0.25, 0.3) is 0 Å². The monoisotopic (exact) mass is 275 g/mol. The lowest BCUT2D eigenvalue weighted by Gasteiger charge is -2.07. The van der Waals surface area contributed by atoms with E-state index >= 15 is 0 Å². The normalized spacial score (nSPS) is 12.2. The highest BCUT2D eigenvalue weighted by Gasteiger charge is 2.14. The van der Waals surface area contributed by atoms with Crippen molar-refractivity contribution >= 4 is 34.2 Å². The van der Waals surface area contributed by atoms with Gasteiger partial charge in [0.1, 0.15) is 0 Å². The van der Waals surface area contributed by atoms with Gasteiger partial charge in [0.2, 0.25) is 5.13 Å². The zero-order valence-electron chi connectivity index (χ0n) is 10.5. The predicted octanol–water partition coefficient (Wildman–Crippen LogP) is 2.04. The van der Waals surface area contributed by atoms with Gasteiger partial charge < -0.3 is 9.64 Å². The molecular weight excluding hydrogens is 258 g/mol. The van der Waals surface area contributed by atoms with Crippen molar-refractivity contribution in [3.8, 4) is 0 Å². The molecule has 1 atom stereocenters. The highest BCUT2D eigenvalue weighted by atomic mass is 32.2. The average molecular weight is 275 g/mol. The zero-order chi connectivity index (χ0) is 12.8. The Balaban J connectivity index is 2.44. The molecule has 1 unspecified atom stereocenters. The summed E-state index contributed by atoms with van der Waals surface area (Å²) in [4.78, 5) is 13.2. The van der Waals surface area contributed by atoms with Crippen molar-refractivity contribution in [3.05, 3.63) is 0 Å². The third-order valence-electron chi connectivity index (χ3n) is 1.84. The van der Waals surface area contributed by atoms with E-state index in [1.165, 1.54) is 11.3 Å². The molecule has 0 aliphatic rings. The lowest BCUT2D eigenvalue weighted by atomic mass is 10.3. The molecule has 0 bridgehead atoms. The number of carbonyl (C=O) groups is 1. The van der Waals surface area contributed by atoms with E-state index in [2.05, 4.69) is 10.2 Å². The number of nitrogens with zero attached hydrogens (tertiary/aromatic N) is 3. The van der Waals surface area contributed by atoms with E-state index in [9.17, 15) is 4.79 Å². The molecule has 7 heteroatoms. The Morgan fingerprint density at radius 2 is 2.24 bits per heavy atom. The third-order valence-corrected chi connectivity index (χ3v) is 4.12. The lowest BCUT2D eigenvalue weighted by molar-refractivity contribution is -0.142. The number of hydrogen-bond donors (Lipinski definition) is 0. The summed E-state index contributed by atoms with van der Waals surface area (Å²) in [5, 5.41) is 9.13. The second-order valence-electron chi connectivity index (χ2n) is 3.68. The van der Waals surface area contributed by atoms with E-state index in [1.54, 1.807) is 11.8 Å². The predicted molar refractivity (Wildman–Crippen MR) is 70.8 cm³/mol. The van der Waals surface area contributed by atoms with Crippen LogP contribution in [0.25, 0.3) is 0 Å². The van der Waals surface area contributed by atoms with Crippen molar-refractivity contribution in [2.45, 2.75) is 29.9 Å². The molecule has 1 aromatic rings. The van der Waals surface area contributed by atoms with E-state index in [0.717, 1.165) is 9.47 Å². The standard InChI is InChI=1S/C10H17N3O2S2/c1-5-15-8(14)6-7(2)16-10-12-11-9(17-10)13(3)4/h7H,5-6H2,1-4H3. The van der Waals surface area contributed by atoms with Crippen LogP contribution in [0.15, 0.2) is 4.34 Å². The number of anilines is 1. The number of hydrogen-bond acceptors (Lipinski definition) is 7. The molecule has 0 aliphatic heterocycles. The van der Waals surface area contributed by atoms with Crippen molar-refractivity contribution in [2.24, 2.45) is 0 Å². The summed E-state index contributed by atoms with van der Waals surface area (Å²) in [5.41, 5.74) is 0. The molecule has 1 heterocycles. The molecular formula is C10H17N3O2S2. The molecule has 0 aliphatic carbocycles. The molecule has 0 spiro atoms. The van der Waals surface area contributed by atoms with Crippen LogP contribution in [-0.4, -0.2) is 42.1 Å². The summed E-state index contributed by atoms with van der Waals surface area (Å²) in [6.07, 6.45) is 0.398. The van der Waals surface area contributed by atoms with Crippen molar-refractivity contribution in [3.63, 3.8) is 0 Å². The zero-order valence-corrected chi connectivity index (χ0v) is 12.1. The second kappa shape index (κ2) is 6.80. The van der Waals surface area contributed by atoms with Crippen molar-refractivity contribution in [2.75, 3.05) is 25.6 Å². The fourth-order valence-electron chi connectivity index (χ4n) is 1.10. The molecule has 96 valence electrons. The van der Waals surface area contributed by atoms with Crippen LogP contribution in [0.1, 0.15) is 20.3 Å². The number of carbonyl (C=O) groups excluding carboxylic acids is 1. The number of ether oxygens (including phenoxy) is 1. The van der Waals surface area contributed by atoms with E-state index in [4.69, 9.17) is 4.74 Å². The van der Waals surface area contributed by atoms with Crippen LogP contribution in [0, 0.1) is 0 Å². The molecule has 0 saturated heterocycles. The van der Waals surface area contributed by atoms with Crippen molar-refractivity contribution in [1.29, 1.82) is 0 Å². The SMILES string of the molecule is CCOC(=O)CC(C)Sc1nnc(N(C)C)s1. The number of thioether (sulfide) groups is 1. The van der Waals surface area contributed by atoms with Gasteiger partial charge in [-0.25, -0.2) is 0 Å². The molecule has 17 heavy (non-hydrogen) atoms. The van der Waals surface area contributed by atoms with Gasteiger partial charge in [0.15, 0.2) is 4.34 Å². The van der Waals surface area contributed by atoms with Crippen LogP contribution in [0.3, 0.4) is 0 Å².